The van der Waals surface area contributed by atoms with Crippen molar-refractivity contribution >= 4 is 21.6 Å². The van der Waals surface area contributed by atoms with Crippen LogP contribution in [-0.2, 0) is 21.4 Å². The number of benzene rings is 2. The Morgan fingerprint density at radius 1 is 1.10 bits per heavy atom. The number of anilines is 1. The molecule has 160 valence electrons. The predicted octanol–water partition coefficient (Wildman–Crippen LogP) is 3.91. The predicted molar refractivity (Wildman–Crippen MR) is 117 cm³/mol. The molecule has 0 aliphatic heterocycles. The van der Waals surface area contributed by atoms with Crippen molar-refractivity contribution in [3.05, 3.63) is 82.8 Å². The fourth-order valence-electron chi connectivity index (χ4n) is 3.53. The van der Waals surface area contributed by atoms with Crippen molar-refractivity contribution in [3.63, 3.8) is 0 Å². The molecule has 0 spiro atoms. The number of amides is 1. The molecule has 1 N–H and O–H groups in total. The van der Waals surface area contributed by atoms with Gasteiger partial charge < -0.3 is 9.73 Å². The standard InChI is InChI=1S/C23H23N3O4S/c1-16-10-17(2)23(18(3)11-16)31(28,29)26(14-21-8-5-9-30-21)15-22(27)25-20-7-4-6-19(12-20)13-24/h4-12H,14-15H2,1-3H3,(H,25,27). The third-order valence-corrected chi connectivity index (χ3v) is 6.81. The van der Waals surface area contributed by atoms with Crippen LogP contribution >= 0.6 is 0 Å². The van der Waals surface area contributed by atoms with Crippen molar-refractivity contribution in [3.8, 4) is 6.07 Å². The summed E-state index contributed by atoms with van der Waals surface area (Å²) < 4.78 is 33.6. The molecule has 31 heavy (non-hydrogen) atoms. The van der Waals surface area contributed by atoms with Gasteiger partial charge in [-0.3, -0.25) is 4.79 Å². The van der Waals surface area contributed by atoms with Gasteiger partial charge in [-0.15, -0.1) is 0 Å². The highest BCUT2D eigenvalue weighted by atomic mass is 32.2. The molecule has 1 heterocycles. The normalized spacial score (nSPS) is 11.3. The van der Waals surface area contributed by atoms with Crippen LogP contribution < -0.4 is 5.32 Å². The van der Waals surface area contributed by atoms with Gasteiger partial charge >= 0.3 is 0 Å². The molecule has 0 bridgehead atoms. The number of hydrogen-bond donors (Lipinski definition) is 1. The molecule has 7 nitrogen and oxygen atoms in total. The van der Waals surface area contributed by atoms with E-state index in [1.807, 2.05) is 13.0 Å². The molecular weight excluding hydrogens is 414 g/mol. The van der Waals surface area contributed by atoms with Gasteiger partial charge in [0.05, 0.1) is 35.9 Å². The van der Waals surface area contributed by atoms with Crippen LogP contribution in [0.3, 0.4) is 0 Å². The monoisotopic (exact) mass is 437 g/mol. The number of carbonyl (C=O) groups excluding carboxylic acids is 1. The summed E-state index contributed by atoms with van der Waals surface area (Å²) in [6, 6.07) is 15.4. The number of sulfonamides is 1. The van der Waals surface area contributed by atoms with E-state index >= 15 is 0 Å². The topological polar surface area (TPSA) is 103 Å². The molecule has 1 aromatic heterocycles. The Hall–Kier alpha value is -3.41. The van der Waals surface area contributed by atoms with Gasteiger partial charge in [0.15, 0.2) is 0 Å². The van der Waals surface area contributed by atoms with Crippen LogP contribution in [-0.4, -0.2) is 25.2 Å². The van der Waals surface area contributed by atoms with Crippen LogP contribution in [0.2, 0.25) is 0 Å². The first-order valence-corrected chi connectivity index (χ1v) is 11.0. The first-order valence-electron chi connectivity index (χ1n) is 9.61. The van der Waals surface area contributed by atoms with Crippen LogP contribution in [0, 0.1) is 32.1 Å². The molecule has 0 saturated heterocycles. The van der Waals surface area contributed by atoms with Crippen molar-refractivity contribution in [2.45, 2.75) is 32.2 Å². The lowest BCUT2D eigenvalue weighted by molar-refractivity contribution is -0.116. The van der Waals surface area contributed by atoms with E-state index in [1.54, 1.807) is 56.3 Å². The number of rotatable bonds is 7. The van der Waals surface area contributed by atoms with Crippen LogP contribution in [0.5, 0.6) is 0 Å². The lowest BCUT2D eigenvalue weighted by Crippen LogP contribution is -2.38. The van der Waals surface area contributed by atoms with Crippen molar-refractivity contribution in [1.82, 2.24) is 4.31 Å². The highest BCUT2D eigenvalue weighted by Crippen LogP contribution is 2.26. The number of nitriles is 1. The van der Waals surface area contributed by atoms with E-state index in [9.17, 15) is 13.2 Å². The minimum absolute atomic E-state index is 0.0895. The maximum absolute atomic E-state index is 13.6. The third kappa shape index (κ3) is 5.20. The SMILES string of the molecule is Cc1cc(C)c(S(=O)(=O)N(CC(=O)Nc2cccc(C#N)c2)Cc2ccco2)c(C)c1. The van der Waals surface area contributed by atoms with Gasteiger partial charge in [-0.05, 0) is 62.2 Å². The average molecular weight is 438 g/mol. The Morgan fingerprint density at radius 3 is 2.42 bits per heavy atom. The first-order chi connectivity index (χ1) is 14.7. The highest BCUT2D eigenvalue weighted by molar-refractivity contribution is 7.89. The van der Waals surface area contributed by atoms with E-state index in [1.165, 1.54) is 12.3 Å². The van der Waals surface area contributed by atoms with Crippen LogP contribution in [0.1, 0.15) is 28.0 Å². The van der Waals surface area contributed by atoms with Gasteiger partial charge in [-0.2, -0.15) is 9.57 Å². The van der Waals surface area contributed by atoms with E-state index < -0.39 is 22.5 Å². The van der Waals surface area contributed by atoms with Crippen molar-refractivity contribution in [1.29, 1.82) is 5.26 Å². The van der Waals surface area contributed by atoms with Gasteiger partial charge in [0, 0.05) is 5.69 Å². The third-order valence-electron chi connectivity index (χ3n) is 4.71. The molecule has 0 fully saturated rings. The molecule has 0 aliphatic rings. The average Bonchev–Trinajstić information content (AvgIpc) is 3.19. The van der Waals surface area contributed by atoms with Gasteiger partial charge in [0.25, 0.3) is 0 Å². The summed E-state index contributed by atoms with van der Waals surface area (Å²) in [4.78, 5) is 12.9. The number of hydrogen-bond acceptors (Lipinski definition) is 5. The second kappa shape index (κ2) is 9.16. The second-order valence-corrected chi connectivity index (χ2v) is 9.20. The molecule has 1 amide bonds. The quantitative estimate of drug-likeness (QED) is 0.604. The smallest absolute Gasteiger partial charge is 0.244 e. The zero-order valence-corrected chi connectivity index (χ0v) is 18.4. The Morgan fingerprint density at radius 2 is 1.81 bits per heavy atom. The molecule has 0 aliphatic carbocycles. The molecular formula is C23H23N3O4S. The summed E-state index contributed by atoms with van der Waals surface area (Å²) in [5.41, 5.74) is 3.00. The van der Waals surface area contributed by atoms with E-state index in [0.29, 0.717) is 28.1 Å². The number of nitrogens with zero attached hydrogens (tertiary/aromatic N) is 2. The van der Waals surface area contributed by atoms with Crippen LogP contribution in [0.4, 0.5) is 5.69 Å². The van der Waals surface area contributed by atoms with Gasteiger partial charge in [0.2, 0.25) is 15.9 Å². The fraction of sp³-hybridized carbons (Fsp3) is 0.217. The molecule has 0 radical (unpaired) electrons. The molecule has 0 unspecified atom stereocenters. The largest absolute Gasteiger partial charge is 0.468 e. The highest BCUT2D eigenvalue weighted by Gasteiger charge is 2.30. The summed E-state index contributed by atoms with van der Waals surface area (Å²) in [7, 11) is -4.00. The maximum Gasteiger partial charge on any atom is 0.244 e. The minimum atomic E-state index is -4.00. The Bertz CT molecular complexity index is 1220. The summed E-state index contributed by atoms with van der Waals surface area (Å²) >= 11 is 0. The lowest BCUT2D eigenvalue weighted by atomic mass is 10.1. The molecule has 3 rings (SSSR count). The number of furan rings is 1. The van der Waals surface area contributed by atoms with Crippen molar-refractivity contribution in [2.24, 2.45) is 0 Å². The fourth-order valence-corrected chi connectivity index (χ4v) is 5.31. The summed E-state index contributed by atoms with van der Waals surface area (Å²) in [6.45, 7) is 4.89. The first kappa shape index (κ1) is 22.3. The van der Waals surface area contributed by atoms with Crippen LogP contribution in [0.15, 0.2) is 64.1 Å². The lowest BCUT2D eigenvalue weighted by Gasteiger charge is -2.23. The summed E-state index contributed by atoms with van der Waals surface area (Å²) in [5.74, 6) is -0.0992. The van der Waals surface area contributed by atoms with E-state index in [4.69, 9.17) is 9.68 Å². The minimum Gasteiger partial charge on any atom is -0.468 e. The Kier molecular flexibility index (Phi) is 6.59. The number of nitrogens with one attached hydrogen (secondary N) is 1. The van der Waals surface area contributed by atoms with E-state index in [2.05, 4.69) is 5.32 Å². The molecule has 2 aromatic carbocycles. The second-order valence-electron chi connectivity index (χ2n) is 7.32. The summed E-state index contributed by atoms with van der Waals surface area (Å²) in [6.07, 6.45) is 1.45. The van der Waals surface area contributed by atoms with E-state index in [0.717, 1.165) is 9.87 Å². The molecule has 0 atom stereocenters. The van der Waals surface area contributed by atoms with Gasteiger partial charge in [-0.25, -0.2) is 8.42 Å². The Balaban J connectivity index is 1.93. The zero-order chi connectivity index (χ0) is 22.6. The van der Waals surface area contributed by atoms with Gasteiger partial charge in [0.1, 0.15) is 5.76 Å². The molecule has 3 aromatic rings. The summed E-state index contributed by atoms with van der Waals surface area (Å²) in [5, 5.41) is 11.7. The molecule has 0 saturated carbocycles. The van der Waals surface area contributed by atoms with Gasteiger partial charge in [-0.1, -0.05) is 23.8 Å². The van der Waals surface area contributed by atoms with Crippen molar-refractivity contribution < 1.29 is 17.6 Å². The van der Waals surface area contributed by atoms with E-state index in [-0.39, 0.29) is 11.4 Å². The van der Waals surface area contributed by atoms with Crippen molar-refractivity contribution in [2.75, 3.05) is 11.9 Å². The van der Waals surface area contributed by atoms with Crippen LogP contribution in [0.25, 0.3) is 0 Å². The molecule has 8 heteroatoms. The zero-order valence-electron chi connectivity index (χ0n) is 17.5. The maximum atomic E-state index is 13.6. The number of aryl methyl sites for hydroxylation is 3. The Labute approximate surface area is 182 Å². The number of carbonyl (C=O) groups is 1.